The van der Waals surface area contributed by atoms with Gasteiger partial charge in [-0.3, -0.25) is 9.59 Å². The first kappa shape index (κ1) is 72.6. The number of hydrogen-bond acceptors (Lipinski definition) is 10. The van der Waals surface area contributed by atoms with Crippen molar-refractivity contribution in [3.63, 3.8) is 0 Å². The quantitative estimate of drug-likeness (QED) is 0.0149. The molecule has 11 heteroatoms. The number of carbonyl (C=O) groups excluding carboxylic acids is 2. The summed E-state index contributed by atoms with van der Waals surface area (Å²) in [6.07, 6.45) is 67.6. The van der Waals surface area contributed by atoms with Crippen LogP contribution in [-0.4, -0.2) is 99.6 Å². The van der Waals surface area contributed by atoms with Gasteiger partial charge in [-0.25, -0.2) is 0 Å². The molecule has 0 saturated carbocycles. The molecule has 1 aliphatic heterocycles. The van der Waals surface area contributed by atoms with Crippen LogP contribution in [0.5, 0.6) is 0 Å². The molecule has 6 N–H and O–H groups in total. The maximum Gasteiger partial charge on any atom is 0.306 e. The second-order valence-electron chi connectivity index (χ2n) is 20.4. The van der Waals surface area contributed by atoms with Gasteiger partial charge in [0.15, 0.2) is 12.4 Å². The summed E-state index contributed by atoms with van der Waals surface area (Å²) in [7, 11) is 0. The number of rotatable bonds is 49. The summed E-state index contributed by atoms with van der Waals surface area (Å²) in [4.78, 5) is 26.5. The van der Waals surface area contributed by atoms with E-state index in [4.69, 9.17) is 14.2 Å². The number of carbonyl (C=O) groups is 2. The number of hydrogen-bond donors (Lipinski definition) is 6. The summed E-state index contributed by atoms with van der Waals surface area (Å²) < 4.78 is 17.5. The van der Waals surface area contributed by atoms with Gasteiger partial charge in [-0.2, -0.15) is 0 Å². The first-order valence-corrected chi connectivity index (χ1v) is 30.7. The molecule has 1 fully saturated rings. The zero-order valence-electron chi connectivity index (χ0n) is 49.2. The Balaban J connectivity index is 2.66. The Morgan fingerprint density at radius 2 is 0.975 bits per heavy atom. The lowest BCUT2D eigenvalue weighted by Gasteiger charge is -2.41. The van der Waals surface area contributed by atoms with Gasteiger partial charge in [0, 0.05) is 6.42 Å². The first-order chi connectivity index (χ1) is 38.7. The van der Waals surface area contributed by atoms with Crippen LogP contribution in [0.1, 0.15) is 207 Å². The van der Waals surface area contributed by atoms with E-state index < -0.39 is 67.4 Å². The molecule has 8 unspecified atom stereocenters. The highest BCUT2D eigenvalue weighted by molar-refractivity contribution is 5.80. The van der Waals surface area contributed by atoms with Crippen LogP contribution in [0.4, 0.5) is 0 Å². The van der Waals surface area contributed by atoms with E-state index in [1.54, 1.807) is 6.08 Å². The average molecular weight is 1100 g/mol. The molecule has 1 amide bonds. The van der Waals surface area contributed by atoms with Crippen molar-refractivity contribution in [2.45, 2.75) is 256 Å². The highest BCUT2D eigenvalue weighted by Gasteiger charge is 2.47. The largest absolute Gasteiger partial charge is 0.454 e. The van der Waals surface area contributed by atoms with Gasteiger partial charge in [0.25, 0.3) is 0 Å². The van der Waals surface area contributed by atoms with Crippen LogP contribution in [0.25, 0.3) is 0 Å². The molecule has 0 bridgehead atoms. The normalized spacial score (nSPS) is 19.9. The average Bonchev–Trinajstić information content (AvgIpc) is 3.44. The molecule has 1 saturated heterocycles. The van der Waals surface area contributed by atoms with E-state index in [9.17, 15) is 35.1 Å². The number of aliphatic hydroxyl groups excluding tert-OH is 5. The molecular weight excluding hydrogens is 991 g/mol. The number of allylic oxidation sites excluding steroid dienone is 23. The van der Waals surface area contributed by atoms with Gasteiger partial charge >= 0.3 is 5.97 Å². The van der Waals surface area contributed by atoms with Crippen molar-refractivity contribution in [3.8, 4) is 0 Å². The van der Waals surface area contributed by atoms with Gasteiger partial charge in [-0.1, -0.05) is 256 Å². The molecule has 11 nitrogen and oxygen atoms in total. The van der Waals surface area contributed by atoms with Crippen molar-refractivity contribution in [3.05, 3.63) is 146 Å². The second kappa shape index (κ2) is 54.1. The topological polar surface area (TPSA) is 175 Å². The zero-order valence-corrected chi connectivity index (χ0v) is 49.2. The van der Waals surface area contributed by atoms with E-state index in [1.807, 2.05) is 60.8 Å². The van der Waals surface area contributed by atoms with Crippen LogP contribution >= 0.6 is 0 Å². The van der Waals surface area contributed by atoms with E-state index in [0.717, 1.165) is 116 Å². The van der Waals surface area contributed by atoms with Crippen LogP contribution in [0.3, 0.4) is 0 Å². The van der Waals surface area contributed by atoms with Crippen molar-refractivity contribution in [2.75, 3.05) is 13.2 Å². The highest BCUT2D eigenvalue weighted by Crippen LogP contribution is 2.26. The fourth-order valence-electron chi connectivity index (χ4n) is 8.57. The van der Waals surface area contributed by atoms with E-state index in [-0.39, 0.29) is 19.4 Å². The fraction of sp³-hybridized carbons (Fsp3) is 0.618. The van der Waals surface area contributed by atoms with Crippen LogP contribution in [0.15, 0.2) is 146 Å². The maximum atomic E-state index is 13.4. The van der Waals surface area contributed by atoms with Gasteiger partial charge in [0.2, 0.25) is 5.91 Å². The summed E-state index contributed by atoms with van der Waals surface area (Å²) in [5.41, 5.74) is 0. The van der Waals surface area contributed by atoms with Gasteiger partial charge in [-0.15, -0.1) is 0 Å². The molecule has 0 aromatic rings. The molecule has 79 heavy (non-hydrogen) atoms. The number of ether oxygens (including phenoxy) is 3. The van der Waals surface area contributed by atoms with Crippen molar-refractivity contribution in [1.82, 2.24) is 5.32 Å². The van der Waals surface area contributed by atoms with Crippen molar-refractivity contribution in [2.24, 2.45) is 0 Å². The zero-order chi connectivity index (χ0) is 57.5. The fourth-order valence-corrected chi connectivity index (χ4v) is 8.57. The third-order valence-electron chi connectivity index (χ3n) is 13.4. The summed E-state index contributed by atoms with van der Waals surface area (Å²) in [6, 6.07) is -1.05. The molecule has 0 radical (unpaired) electrons. The predicted octanol–water partition coefficient (Wildman–Crippen LogP) is 14.6. The minimum atomic E-state index is -1.65. The number of unbranched alkanes of at least 4 members (excludes halogenated alkanes) is 17. The smallest absolute Gasteiger partial charge is 0.306 e. The van der Waals surface area contributed by atoms with Crippen molar-refractivity contribution >= 4 is 11.9 Å². The molecule has 1 heterocycles. The Labute approximate surface area is 479 Å². The number of nitrogens with one attached hydrogen (secondary N) is 1. The van der Waals surface area contributed by atoms with Crippen LogP contribution in [-0.2, 0) is 23.8 Å². The van der Waals surface area contributed by atoms with Crippen molar-refractivity contribution in [1.29, 1.82) is 0 Å². The summed E-state index contributed by atoms with van der Waals surface area (Å²) in [6.45, 7) is 5.45. The Morgan fingerprint density at radius 3 is 1.51 bits per heavy atom. The Bertz CT molecular complexity index is 1840. The summed E-state index contributed by atoms with van der Waals surface area (Å²) in [5.74, 6) is -1.30. The molecule has 0 aliphatic carbocycles. The lowest BCUT2D eigenvalue weighted by molar-refractivity contribution is -0.305. The summed E-state index contributed by atoms with van der Waals surface area (Å²) >= 11 is 0. The molecule has 1 rings (SSSR count). The minimum Gasteiger partial charge on any atom is -0.454 e. The second-order valence-corrected chi connectivity index (χ2v) is 20.4. The Kier molecular flexibility index (Phi) is 49.7. The van der Waals surface area contributed by atoms with E-state index >= 15 is 0 Å². The molecule has 1 aliphatic rings. The van der Waals surface area contributed by atoms with Gasteiger partial charge in [-0.05, 0) is 89.9 Å². The van der Waals surface area contributed by atoms with Crippen molar-refractivity contribution < 1.29 is 49.3 Å². The van der Waals surface area contributed by atoms with Gasteiger partial charge < -0.3 is 45.1 Å². The van der Waals surface area contributed by atoms with Gasteiger partial charge in [0.05, 0.1) is 25.4 Å². The summed E-state index contributed by atoms with van der Waals surface area (Å²) in [5, 5.41) is 56.8. The lowest BCUT2D eigenvalue weighted by Crippen LogP contribution is -2.61. The molecule has 0 aromatic heterocycles. The van der Waals surface area contributed by atoms with Gasteiger partial charge in [0.1, 0.15) is 24.4 Å². The predicted molar refractivity (Wildman–Crippen MR) is 328 cm³/mol. The third-order valence-corrected chi connectivity index (χ3v) is 13.4. The molecular formula is C68H109NO10. The van der Waals surface area contributed by atoms with E-state index in [1.165, 1.54) is 38.5 Å². The Morgan fingerprint density at radius 1 is 0.519 bits per heavy atom. The number of esters is 1. The molecule has 0 aromatic carbocycles. The number of amides is 1. The van der Waals surface area contributed by atoms with Crippen LogP contribution in [0, 0.1) is 0 Å². The Hall–Kier alpha value is -4.46. The van der Waals surface area contributed by atoms with E-state index in [0.29, 0.717) is 19.3 Å². The van der Waals surface area contributed by atoms with Crippen LogP contribution in [0.2, 0.25) is 0 Å². The lowest BCUT2D eigenvalue weighted by atomic mass is 9.99. The van der Waals surface area contributed by atoms with E-state index in [2.05, 4.69) is 105 Å². The SMILES string of the molecule is CC/C=C\C/C=C\C/C=C\C/C=C\C/C=C\C/C=C\CCCCCCCCCC(O)C(=O)NC(COC1OC(CO)C(O)C(O)C1OC(=O)CCC/C=C/C=C\C=C/C=C/C=C/CC)C(O)/C=C/CCCCCCCCCCC. The molecule has 446 valence electrons. The monoisotopic (exact) mass is 1100 g/mol. The minimum absolute atomic E-state index is 0.0181. The highest BCUT2D eigenvalue weighted by atomic mass is 16.7. The number of aliphatic hydroxyl groups is 5. The van der Waals surface area contributed by atoms with Crippen LogP contribution < -0.4 is 5.32 Å². The molecule has 0 spiro atoms. The standard InChI is InChI=1S/C68H109NO10/c1-4-7-10-13-16-19-22-24-25-26-27-28-29-30-31-32-33-34-35-36-38-40-43-46-49-52-55-61(72)67(76)69-59(60(71)54-51-48-45-42-39-21-18-15-12-9-6-3)58-77-68-66(65(75)64(74)62(57-70)78-68)79-63(73)56-53-50-47-44-41-37-23-20-17-14-11-8-5-2/h7-8,10-11,14,16-17,19-20,23-25,27-28,30-31,33-34,37,41,44,47,51,54,59-62,64-66,68,70-72,74-75H,4-6,9,12-13,15,18,21-22,26,29,32,35-36,38-40,42-43,45-46,48-50,52-53,55-58H2,1-3H3,(H,69,76)/b10-7-,11-8+,17-14+,19-16-,23-20-,25-24-,28-27-,31-30-,34-33-,41-37-,47-44+,54-51+. The molecule has 8 atom stereocenters. The third kappa shape index (κ3) is 42.1. The first-order valence-electron chi connectivity index (χ1n) is 30.7. The maximum absolute atomic E-state index is 13.4.